The lowest BCUT2D eigenvalue weighted by molar-refractivity contribution is -0.238. The molecule has 0 saturated heterocycles. The van der Waals surface area contributed by atoms with Crippen LogP contribution in [0.5, 0.6) is 0 Å². The van der Waals surface area contributed by atoms with Crippen LogP contribution in [0, 0.1) is 56.2 Å². The average molecular weight is 716 g/mol. The number of amides is 1. The van der Waals surface area contributed by atoms with Crippen LogP contribution in [0.2, 0.25) is 0 Å². The Morgan fingerprint density at radius 1 is 0.942 bits per heavy atom. The zero-order chi connectivity index (χ0) is 38.1. The number of carboxylic acids is 1. The fraction of sp³-hybridized carbons (Fsp3) is 0.733. The number of carbonyl (C=O) groups is 4. The molecule has 0 radical (unpaired) electrons. The van der Waals surface area contributed by atoms with Crippen LogP contribution in [0.25, 0.3) is 0 Å². The van der Waals surface area contributed by atoms with Gasteiger partial charge < -0.3 is 15.2 Å². The number of rotatable bonds is 10. The summed E-state index contributed by atoms with van der Waals surface area (Å²) in [4.78, 5) is 52.0. The maximum atomic E-state index is 14.1. The van der Waals surface area contributed by atoms with Crippen LogP contribution in [0.1, 0.15) is 150 Å². The third kappa shape index (κ3) is 5.90. The lowest BCUT2D eigenvalue weighted by Gasteiger charge is -2.73. The summed E-state index contributed by atoms with van der Waals surface area (Å²) in [6.45, 7) is 20.3. The van der Waals surface area contributed by atoms with Gasteiger partial charge in [-0.1, -0.05) is 72.2 Å². The van der Waals surface area contributed by atoms with Crippen LogP contribution in [0.4, 0.5) is 0 Å². The van der Waals surface area contributed by atoms with Gasteiger partial charge in [0.25, 0.3) is 5.91 Å². The Balaban J connectivity index is 1.28. The minimum Gasteiger partial charge on any atom is -0.481 e. The van der Waals surface area contributed by atoms with Gasteiger partial charge in [-0.15, -0.1) is 0 Å². The Labute approximate surface area is 312 Å². The zero-order valence-electron chi connectivity index (χ0n) is 33.5. The van der Waals surface area contributed by atoms with Crippen molar-refractivity contribution >= 4 is 23.6 Å². The molecule has 5 aliphatic carbocycles. The van der Waals surface area contributed by atoms with Crippen molar-refractivity contribution in [2.75, 3.05) is 6.54 Å². The van der Waals surface area contributed by atoms with Crippen molar-refractivity contribution in [2.45, 2.75) is 145 Å². The molecule has 1 amide bonds. The minimum atomic E-state index is -1.16. The summed E-state index contributed by atoms with van der Waals surface area (Å²) in [6, 6.07) is 9.40. The van der Waals surface area contributed by atoms with Gasteiger partial charge in [0.2, 0.25) is 0 Å². The van der Waals surface area contributed by atoms with E-state index in [4.69, 9.17) is 4.74 Å². The van der Waals surface area contributed by atoms with E-state index in [1.54, 1.807) is 13.8 Å². The molecule has 286 valence electrons. The Morgan fingerprint density at radius 2 is 1.63 bits per heavy atom. The summed E-state index contributed by atoms with van der Waals surface area (Å²) in [6.07, 6.45) is 10.4. The van der Waals surface area contributed by atoms with Crippen LogP contribution in [0.3, 0.4) is 0 Å². The molecule has 2 N–H and O–H groups in total. The largest absolute Gasteiger partial charge is 0.481 e. The Morgan fingerprint density at radius 3 is 2.27 bits per heavy atom. The standard InChI is InChI=1S/C45H65NO6/c1-10-45-23-22-44(24-25-46-38(49)29-14-12-11-13-15-29)26-31(47)36(28(2)3)37(44)30(45)16-17-33-42(8)20-19-34(52-35(48)27-40(4,5)39(50)51)41(6,7)32(42)18-21-43(33,45)9/h11-15,28,30,32-34H,10,16-27H2,1-9H3,(H,46,49)(H,50,51). The summed E-state index contributed by atoms with van der Waals surface area (Å²) >= 11 is 0. The topological polar surface area (TPSA) is 110 Å². The lowest BCUT2D eigenvalue weighted by atomic mass is 9.32. The molecule has 8 atom stereocenters. The monoisotopic (exact) mass is 715 g/mol. The molecule has 52 heavy (non-hydrogen) atoms. The van der Waals surface area contributed by atoms with Gasteiger partial charge in [0.15, 0.2) is 5.78 Å². The summed E-state index contributed by atoms with van der Waals surface area (Å²) < 4.78 is 6.18. The molecule has 7 heteroatoms. The molecule has 7 nitrogen and oxygen atoms in total. The molecule has 1 aromatic rings. The van der Waals surface area contributed by atoms with Crippen molar-refractivity contribution in [3.05, 3.63) is 47.0 Å². The molecule has 1 aromatic carbocycles. The molecule has 4 saturated carbocycles. The highest BCUT2D eigenvalue weighted by molar-refractivity contribution is 6.00. The van der Waals surface area contributed by atoms with Gasteiger partial charge in [-0.05, 0) is 136 Å². The number of hydrogen-bond donors (Lipinski definition) is 2. The summed E-state index contributed by atoms with van der Waals surface area (Å²) in [5.74, 6) is 0.330. The number of ether oxygens (including phenoxy) is 1. The van der Waals surface area contributed by atoms with Crippen LogP contribution in [-0.2, 0) is 19.1 Å². The SMILES string of the molecule is CCC12CCC3(CCNC(=O)c4ccccc4)CC(=O)C(C(C)C)=C3C1CCC1C3(C)CCC(OC(=O)CC(C)(C)C(=O)O)C(C)(C)C3CCC12C. The fourth-order valence-corrected chi connectivity index (χ4v) is 13.6. The van der Waals surface area contributed by atoms with Gasteiger partial charge in [0.05, 0.1) is 11.8 Å². The van der Waals surface area contributed by atoms with Crippen LogP contribution in [0.15, 0.2) is 41.5 Å². The molecule has 4 fully saturated rings. The first-order valence-corrected chi connectivity index (χ1v) is 20.3. The molecule has 5 aliphatic rings. The first-order valence-electron chi connectivity index (χ1n) is 20.3. The van der Waals surface area contributed by atoms with E-state index >= 15 is 0 Å². The molecular formula is C45H65NO6. The first-order chi connectivity index (χ1) is 24.3. The average Bonchev–Trinajstić information content (AvgIpc) is 3.38. The number of allylic oxidation sites excluding steroid dienone is 2. The number of aliphatic carboxylic acids is 1. The van der Waals surface area contributed by atoms with E-state index < -0.39 is 17.4 Å². The highest BCUT2D eigenvalue weighted by Crippen LogP contribution is 2.78. The van der Waals surface area contributed by atoms with Gasteiger partial charge in [-0.2, -0.15) is 0 Å². The van der Waals surface area contributed by atoms with E-state index in [9.17, 15) is 24.3 Å². The van der Waals surface area contributed by atoms with Crippen molar-refractivity contribution in [1.82, 2.24) is 5.32 Å². The van der Waals surface area contributed by atoms with E-state index in [1.807, 2.05) is 30.3 Å². The normalized spacial score (nSPS) is 36.7. The van der Waals surface area contributed by atoms with Gasteiger partial charge in [-0.3, -0.25) is 19.2 Å². The summed E-state index contributed by atoms with van der Waals surface area (Å²) in [7, 11) is 0. The molecule has 8 unspecified atom stereocenters. The molecule has 0 aromatic heterocycles. The highest BCUT2D eigenvalue weighted by atomic mass is 16.5. The maximum Gasteiger partial charge on any atom is 0.309 e. The number of esters is 1. The van der Waals surface area contributed by atoms with Gasteiger partial charge in [-0.25, -0.2) is 0 Å². The smallest absolute Gasteiger partial charge is 0.309 e. The summed E-state index contributed by atoms with van der Waals surface area (Å²) in [5.41, 5.74) is 1.93. The third-order valence-corrected chi connectivity index (χ3v) is 16.2. The number of Topliss-reactive ketones (excluding diaryl/α,β-unsaturated/α-hetero) is 1. The number of carbonyl (C=O) groups excluding carboxylic acids is 3. The predicted molar refractivity (Wildman–Crippen MR) is 203 cm³/mol. The van der Waals surface area contributed by atoms with Crippen LogP contribution < -0.4 is 5.32 Å². The van der Waals surface area contributed by atoms with E-state index in [-0.39, 0.29) is 51.4 Å². The van der Waals surface area contributed by atoms with Gasteiger partial charge in [0, 0.05) is 29.4 Å². The van der Waals surface area contributed by atoms with Crippen molar-refractivity contribution in [1.29, 1.82) is 0 Å². The highest BCUT2D eigenvalue weighted by Gasteiger charge is 2.70. The minimum absolute atomic E-state index is 0.0517. The van der Waals surface area contributed by atoms with Gasteiger partial charge in [0.1, 0.15) is 6.10 Å². The van der Waals surface area contributed by atoms with Crippen LogP contribution >= 0.6 is 0 Å². The van der Waals surface area contributed by atoms with Gasteiger partial charge >= 0.3 is 11.9 Å². The number of nitrogens with one attached hydrogen (secondary N) is 1. The Bertz CT molecular complexity index is 1620. The van der Waals surface area contributed by atoms with Crippen molar-refractivity contribution < 1.29 is 29.0 Å². The molecule has 0 heterocycles. The van der Waals surface area contributed by atoms with Crippen molar-refractivity contribution in [3.8, 4) is 0 Å². The Kier molecular flexibility index (Phi) is 9.99. The second-order valence-corrected chi connectivity index (χ2v) is 19.6. The quantitative estimate of drug-likeness (QED) is 0.234. The second kappa shape index (κ2) is 13.4. The number of fused-ring (bicyclic) bond motifs is 7. The maximum absolute atomic E-state index is 14.1. The van der Waals surface area contributed by atoms with E-state index in [0.29, 0.717) is 42.1 Å². The van der Waals surface area contributed by atoms with Crippen molar-refractivity contribution in [2.24, 2.45) is 56.2 Å². The van der Waals surface area contributed by atoms with E-state index in [1.165, 1.54) is 5.57 Å². The fourth-order valence-electron chi connectivity index (χ4n) is 13.6. The Hall–Kier alpha value is -2.96. The zero-order valence-corrected chi connectivity index (χ0v) is 33.5. The molecular weight excluding hydrogens is 650 g/mol. The number of benzene rings is 1. The van der Waals surface area contributed by atoms with E-state index in [0.717, 1.165) is 69.8 Å². The predicted octanol–water partition coefficient (Wildman–Crippen LogP) is 9.59. The third-order valence-electron chi connectivity index (χ3n) is 16.2. The second-order valence-electron chi connectivity index (χ2n) is 19.6. The molecule has 6 rings (SSSR count). The summed E-state index contributed by atoms with van der Waals surface area (Å²) in [5, 5.41) is 12.8. The van der Waals surface area contributed by atoms with Crippen molar-refractivity contribution in [3.63, 3.8) is 0 Å². The first kappa shape index (κ1) is 38.8. The molecule has 0 aliphatic heterocycles. The number of ketones is 1. The number of carboxylic acid groups (broad SMARTS) is 1. The van der Waals surface area contributed by atoms with E-state index in [2.05, 4.69) is 53.8 Å². The number of hydrogen-bond acceptors (Lipinski definition) is 5. The van der Waals surface area contributed by atoms with Crippen LogP contribution in [-0.4, -0.2) is 41.4 Å². The molecule has 0 bridgehead atoms. The molecule has 0 spiro atoms. The lowest BCUT2D eigenvalue weighted by Crippen LogP contribution is -2.66.